The SMILES string of the molecule is CCN(C)C(=O)Nc1ccc(F)c(C(=N)N)c1. The third-order valence-corrected chi connectivity index (χ3v) is 2.33. The highest BCUT2D eigenvalue weighted by Gasteiger charge is 2.10. The molecule has 0 aliphatic heterocycles. The molecule has 17 heavy (non-hydrogen) atoms. The number of urea groups is 1. The summed E-state index contributed by atoms with van der Waals surface area (Å²) in [6, 6.07) is 3.62. The molecule has 1 rings (SSSR count). The van der Waals surface area contributed by atoms with Crippen molar-refractivity contribution >= 4 is 17.6 Å². The summed E-state index contributed by atoms with van der Waals surface area (Å²) in [6.45, 7) is 2.40. The molecular formula is C11H15FN4O. The molecule has 0 aliphatic rings. The average Bonchev–Trinajstić information content (AvgIpc) is 2.30. The van der Waals surface area contributed by atoms with Crippen LogP contribution in [-0.4, -0.2) is 30.4 Å². The van der Waals surface area contributed by atoms with E-state index in [1.807, 2.05) is 6.92 Å². The van der Waals surface area contributed by atoms with Gasteiger partial charge in [0.2, 0.25) is 0 Å². The Morgan fingerprint density at radius 1 is 1.59 bits per heavy atom. The minimum atomic E-state index is -0.584. The molecule has 0 atom stereocenters. The number of anilines is 1. The first kappa shape index (κ1) is 13.0. The summed E-state index contributed by atoms with van der Waals surface area (Å²) in [6.07, 6.45) is 0. The Morgan fingerprint density at radius 2 is 2.24 bits per heavy atom. The highest BCUT2D eigenvalue weighted by atomic mass is 19.1. The fourth-order valence-electron chi connectivity index (χ4n) is 1.17. The zero-order chi connectivity index (χ0) is 13.0. The maximum atomic E-state index is 13.2. The third kappa shape index (κ3) is 3.17. The number of carbonyl (C=O) groups is 1. The average molecular weight is 238 g/mol. The molecule has 0 saturated heterocycles. The van der Waals surface area contributed by atoms with E-state index in [1.165, 1.54) is 17.0 Å². The molecule has 0 aliphatic carbocycles. The zero-order valence-corrected chi connectivity index (χ0v) is 9.75. The van der Waals surface area contributed by atoms with E-state index < -0.39 is 5.82 Å². The quantitative estimate of drug-likeness (QED) is 0.552. The van der Waals surface area contributed by atoms with Crippen LogP contribution in [0.5, 0.6) is 0 Å². The van der Waals surface area contributed by atoms with Gasteiger partial charge in [-0.05, 0) is 25.1 Å². The maximum absolute atomic E-state index is 13.2. The summed E-state index contributed by atoms with van der Waals surface area (Å²) < 4.78 is 13.2. The van der Waals surface area contributed by atoms with Crippen LogP contribution in [0.25, 0.3) is 0 Å². The molecule has 0 spiro atoms. The second-order valence-electron chi connectivity index (χ2n) is 3.55. The minimum absolute atomic E-state index is 0.0260. The lowest BCUT2D eigenvalue weighted by molar-refractivity contribution is 0.224. The van der Waals surface area contributed by atoms with Crippen molar-refractivity contribution < 1.29 is 9.18 Å². The van der Waals surface area contributed by atoms with Crippen LogP contribution in [0.15, 0.2) is 18.2 Å². The maximum Gasteiger partial charge on any atom is 0.321 e. The lowest BCUT2D eigenvalue weighted by Gasteiger charge is -2.15. The number of amidine groups is 1. The molecule has 0 bridgehead atoms. The highest BCUT2D eigenvalue weighted by molar-refractivity contribution is 5.97. The molecule has 0 radical (unpaired) electrons. The number of nitrogen functional groups attached to an aromatic ring is 1. The molecule has 6 heteroatoms. The standard InChI is InChI=1S/C11H15FN4O/c1-3-16(2)11(17)15-7-4-5-9(12)8(6-7)10(13)14/h4-6H,3H2,1-2H3,(H3,13,14)(H,15,17). The van der Waals surface area contributed by atoms with E-state index in [2.05, 4.69) is 5.32 Å². The fourth-order valence-corrected chi connectivity index (χ4v) is 1.17. The highest BCUT2D eigenvalue weighted by Crippen LogP contribution is 2.14. The van der Waals surface area contributed by atoms with Gasteiger partial charge in [-0.3, -0.25) is 5.41 Å². The Hall–Kier alpha value is -2.11. The number of halogens is 1. The van der Waals surface area contributed by atoms with Crippen molar-refractivity contribution in [3.8, 4) is 0 Å². The Kier molecular flexibility index (Phi) is 4.03. The number of hydrogen-bond acceptors (Lipinski definition) is 2. The van der Waals surface area contributed by atoms with Gasteiger partial charge in [-0.25, -0.2) is 9.18 Å². The zero-order valence-electron chi connectivity index (χ0n) is 9.75. The number of amides is 2. The summed E-state index contributed by atoms with van der Waals surface area (Å²) in [7, 11) is 1.64. The lowest BCUT2D eigenvalue weighted by Crippen LogP contribution is -2.31. The molecule has 0 heterocycles. The molecule has 1 aromatic carbocycles. The molecule has 92 valence electrons. The number of carbonyl (C=O) groups excluding carboxylic acids is 1. The Morgan fingerprint density at radius 3 is 2.76 bits per heavy atom. The molecule has 0 aromatic heterocycles. The van der Waals surface area contributed by atoms with Gasteiger partial charge in [0.1, 0.15) is 11.7 Å². The van der Waals surface area contributed by atoms with E-state index >= 15 is 0 Å². The molecule has 0 saturated carbocycles. The largest absolute Gasteiger partial charge is 0.384 e. The third-order valence-electron chi connectivity index (χ3n) is 2.33. The number of benzene rings is 1. The van der Waals surface area contributed by atoms with Crippen LogP contribution in [0.2, 0.25) is 0 Å². The van der Waals surface area contributed by atoms with Gasteiger partial charge in [0.05, 0.1) is 5.56 Å². The molecule has 5 nitrogen and oxygen atoms in total. The van der Waals surface area contributed by atoms with Crippen molar-refractivity contribution in [1.82, 2.24) is 4.90 Å². The van der Waals surface area contributed by atoms with Crippen molar-refractivity contribution in [2.75, 3.05) is 18.9 Å². The monoisotopic (exact) mass is 238 g/mol. The second-order valence-corrected chi connectivity index (χ2v) is 3.55. The Balaban J connectivity index is 2.90. The van der Waals surface area contributed by atoms with Gasteiger partial charge in [-0.15, -0.1) is 0 Å². The van der Waals surface area contributed by atoms with Crippen LogP contribution in [0.1, 0.15) is 12.5 Å². The van der Waals surface area contributed by atoms with Crippen molar-refractivity contribution in [1.29, 1.82) is 5.41 Å². The van der Waals surface area contributed by atoms with Gasteiger partial charge in [-0.1, -0.05) is 0 Å². The normalized spacial score (nSPS) is 9.82. The van der Waals surface area contributed by atoms with Gasteiger partial charge in [-0.2, -0.15) is 0 Å². The number of nitrogens with one attached hydrogen (secondary N) is 2. The van der Waals surface area contributed by atoms with E-state index in [9.17, 15) is 9.18 Å². The lowest BCUT2D eigenvalue weighted by atomic mass is 10.1. The second kappa shape index (κ2) is 5.29. The topological polar surface area (TPSA) is 82.2 Å². The predicted octanol–water partition coefficient (Wildman–Crippen LogP) is 1.59. The Labute approximate surface area is 98.9 Å². The van der Waals surface area contributed by atoms with Gasteiger partial charge in [0.15, 0.2) is 0 Å². The van der Waals surface area contributed by atoms with Gasteiger partial charge >= 0.3 is 6.03 Å². The first-order chi connectivity index (χ1) is 7.95. The molecular weight excluding hydrogens is 223 g/mol. The predicted molar refractivity (Wildman–Crippen MR) is 64.7 cm³/mol. The smallest absolute Gasteiger partial charge is 0.321 e. The van der Waals surface area contributed by atoms with E-state index in [0.717, 1.165) is 6.07 Å². The van der Waals surface area contributed by atoms with Crippen molar-refractivity contribution in [2.24, 2.45) is 5.73 Å². The number of nitrogens with zero attached hydrogens (tertiary/aromatic N) is 1. The molecule has 0 unspecified atom stereocenters. The van der Waals surface area contributed by atoms with Gasteiger partial charge in [0, 0.05) is 19.3 Å². The van der Waals surface area contributed by atoms with E-state index in [4.69, 9.17) is 11.1 Å². The first-order valence-electron chi connectivity index (χ1n) is 5.11. The summed E-state index contributed by atoms with van der Waals surface area (Å²) in [5.41, 5.74) is 5.60. The molecule has 2 amide bonds. The van der Waals surface area contributed by atoms with Crippen molar-refractivity contribution in [2.45, 2.75) is 6.92 Å². The van der Waals surface area contributed by atoms with Crippen LogP contribution < -0.4 is 11.1 Å². The van der Waals surface area contributed by atoms with Crippen LogP contribution in [0, 0.1) is 11.2 Å². The van der Waals surface area contributed by atoms with Crippen LogP contribution in [-0.2, 0) is 0 Å². The summed E-state index contributed by atoms with van der Waals surface area (Å²) in [5.74, 6) is -0.957. The number of nitrogens with two attached hydrogens (primary N) is 1. The van der Waals surface area contributed by atoms with Crippen molar-refractivity contribution in [3.05, 3.63) is 29.6 Å². The van der Waals surface area contributed by atoms with Crippen LogP contribution >= 0.6 is 0 Å². The summed E-state index contributed by atoms with van der Waals surface area (Å²) >= 11 is 0. The Bertz CT molecular complexity index is 447. The minimum Gasteiger partial charge on any atom is -0.384 e. The van der Waals surface area contributed by atoms with E-state index in [-0.39, 0.29) is 17.4 Å². The number of rotatable bonds is 3. The van der Waals surface area contributed by atoms with Crippen LogP contribution in [0.4, 0.5) is 14.9 Å². The van der Waals surface area contributed by atoms with E-state index in [1.54, 1.807) is 7.05 Å². The number of hydrogen-bond donors (Lipinski definition) is 3. The van der Waals surface area contributed by atoms with Gasteiger partial charge in [0.25, 0.3) is 0 Å². The molecule has 0 fully saturated rings. The van der Waals surface area contributed by atoms with Gasteiger partial charge < -0.3 is 16.0 Å². The van der Waals surface area contributed by atoms with Crippen molar-refractivity contribution in [3.63, 3.8) is 0 Å². The van der Waals surface area contributed by atoms with Crippen LogP contribution in [0.3, 0.4) is 0 Å². The summed E-state index contributed by atoms with van der Waals surface area (Å²) in [5, 5.41) is 9.77. The molecule has 4 N–H and O–H groups in total. The first-order valence-corrected chi connectivity index (χ1v) is 5.11. The fraction of sp³-hybridized carbons (Fsp3) is 0.273. The van der Waals surface area contributed by atoms with E-state index in [0.29, 0.717) is 12.2 Å². The summed E-state index contributed by atoms with van der Waals surface area (Å²) in [4.78, 5) is 13.0. The molecule has 1 aromatic rings.